The zero-order valence-corrected chi connectivity index (χ0v) is 16.5. The minimum atomic E-state index is -2.96. The lowest BCUT2D eigenvalue weighted by Crippen LogP contribution is -2.33. The van der Waals surface area contributed by atoms with E-state index in [4.69, 9.17) is 9.47 Å². The lowest BCUT2D eigenvalue weighted by molar-refractivity contribution is -0.121. The Morgan fingerprint density at radius 3 is 2.33 bits per heavy atom. The van der Waals surface area contributed by atoms with Gasteiger partial charge in [-0.2, -0.15) is 8.78 Å². The molecule has 0 bridgehead atoms. The van der Waals surface area contributed by atoms with Crippen LogP contribution in [0, 0.1) is 0 Å². The van der Waals surface area contributed by atoms with E-state index in [9.17, 15) is 18.4 Å². The predicted octanol–water partition coefficient (Wildman–Crippen LogP) is 3.13. The maximum atomic E-state index is 12.3. The number of anilines is 1. The Bertz CT molecular complexity index is 847. The minimum Gasteiger partial charge on any atom is -0.497 e. The lowest BCUT2D eigenvalue weighted by atomic mass is 10.2. The number of urea groups is 1. The van der Waals surface area contributed by atoms with E-state index in [1.807, 2.05) is 0 Å². The highest BCUT2D eigenvalue weighted by Gasteiger charge is 2.11. The summed E-state index contributed by atoms with van der Waals surface area (Å²) in [6.07, 6.45) is 0.0692. The predicted molar refractivity (Wildman–Crippen MR) is 106 cm³/mol. The van der Waals surface area contributed by atoms with Crippen LogP contribution >= 0.6 is 0 Å². The zero-order valence-electron chi connectivity index (χ0n) is 16.5. The van der Waals surface area contributed by atoms with E-state index in [1.165, 1.54) is 19.2 Å². The Morgan fingerprint density at radius 2 is 1.70 bits per heavy atom. The monoisotopic (exact) mass is 423 g/mol. The first-order valence-corrected chi connectivity index (χ1v) is 8.98. The van der Waals surface area contributed by atoms with Crippen LogP contribution in [0.25, 0.3) is 0 Å². The van der Waals surface area contributed by atoms with Gasteiger partial charge in [-0.3, -0.25) is 4.79 Å². The van der Waals surface area contributed by atoms with E-state index in [0.29, 0.717) is 17.0 Å². The summed E-state index contributed by atoms with van der Waals surface area (Å²) in [7, 11) is 2.88. The highest BCUT2D eigenvalue weighted by Crippen LogP contribution is 2.29. The van der Waals surface area contributed by atoms with Crippen molar-refractivity contribution in [1.82, 2.24) is 10.6 Å². The summed E-state index contributed by atoms with van der Waals surface area (Å²) in [6.45, 7) is -2.65. The van der Waals surface area contributed by atoms with Crippen LogP contribution in [-0.2, 0) is 11.3 Å². The lowest BCUT2D eigenvalue weighted by Gasteiger charge is -2.12. The molecule has 8 nitrogen and oxygen atoms in total. The smallest absolute Gasteiger partial charge is 0.387 e. The van der Waals surface area contributed by atoms with Crippen LogP contribution in [0.4, 0.5) is 19.3 Å². The van der Waals surface area contributed by atoms with Gasteiger partial charge in [-0.15, -0.1) is 0 Å². The van der Waals surface area contributed by atoms with E-state index in [1.54, 1.807) is 37.4 Å². The number of alkyl halides is 2. The van der Waals surface area contributed by atoms with Crippen LogP contribution in [0.2, 0.25) is 0 Å². The molecule has 10 heteroatoms. The van der Waals surface area contributed by atoms with Crippen molar-refractivity contribution < 1.29 is 32.6 Å². The molecule has 0 aromatic heterocycles. The van der Waals surface area contributed by atoms with E-state index in [-0.39, 0.29) is 36.9 Å². The molecule has 2 aromatic rings. The van der Waals surface area contributed by atoms with E-state index >= 15 is 0 Å². The molecule has 30 heavy (non-hydrogen) atoms. The zero-order chi connectivity index (χ0) is 21.9. The molecule has 0 saturated carbocycles. The average molecular weight is 423 g/mol. The SMILES string of the molecule is COc1ccc(NC(=O)NCCC(=O)NCc2ccc(OC(F)F)c(OC)c2)cc1. The molecule has 2 rings (SSSR count). The van der Waals surface area contributed by atoms with E-state index in [0.717, 1.165) is 0 Å². The van der Waals surface area contributed by atoms with Crippen molar-refractivity contribution in [2.24, 2.45) is 0 Å². The molecule has 0 fully saturated rings. The largest absolute Gasteiger partial charge is 0.497 e. The third-order valence-electron chi connectivity index (χ3n) is 3.92. The van der Waals surface area contributed by atoms with Gasteiger partial charge in [-0.25, -0.2) is 4.79 Å². The summed E-state index contributed by atoms with van der Waals surface area (Å²) >= 11 is 0. The molecule has 0 spiro atoms. The molecule has 0 unspecified atom stereocenters. The third kappa shape index (κ3) is 7.46. The molecule has 0 heterocycles. The van der Waals surface area contributed by atoms with Gasteiger partial charge in [-0.05, 0) is 42.0 Å². The topological polar surface area (TPSA) is 97.9 Å². The number of amides is 3. The van der Waals surface area contributed by atoms with Gasteiger partial charge >= 0.3 is 12.6 Å². The maximum Gasteiger partial charge on any atom is 0.387 e. The Balaban J connectivity index is 1.72. The standard InChI is InChI=1S/C20H23F2N3O5/c1-28-15-6-4-14(5-7-15)25-20(27)23-10-9-18(26)24-12-13-3-8-16(30-19(21)22)17(11-13)29-2/h3-8,11,19H,9-10,12H2,1-2H3,(H,24,26)(H2,23,25,27). The van der Waals surface area contributed by atoms with Crippen molar-refractivity contribution in [1.29, 1.82) is 0 Å². The summed E-state index contributed by atoms with van der Waals surface area (Å²) in [6, 6.07) is 10.8. The first-order chi connectivity index (χ1) is 14.4. The van der Waals surface area contributed by atoms with Gasteiger partial charge in [-0.1, -0.05) is 6.07 Å². The fourth-order valence-electron chi connectivity index (χ4n) is 2.44. The number of carbonyl (C=O) groups excluding carboxylic acids is 2. The Kier molecular flexibility index (Phi) is 8.67. The Labute approximate surface area is 172 Å². The Morgan fingerprint density at radius 1 is 0.967 bits per heavy atom. The van der Waals surface area contributed by atoms with Crippen LogP contribution in [0.15, 0.2) is 42.5 Å². The molecule has 0 atom stereocenters. The van der Waals surface area contributed by atoms with Crippen molar-refractivity contribution in [2.45, 2.75) is 19.6 Å². The van der Waals surface area contributed by atoms with Crippen molar-refractivity contribution in [3.8, 4) is 17.2 Å². The first kappa shape index (κ1) is 22.7. The highest BCUT2D eigenvalue weighted by molar-refractivity contribution is 5.89. The number of carbonyl (C=O) groups is 2. The van der Waals surface area contributed by atoms with Gasteiger partial charge < -0.3 is 30.2 Å². The number of rotatable bonds is 10. The number of nitrogens with one attached hydrogen (secondary N) is 3. The van der Waals surface area contributed by atoms with E-state index < -0.39 is 12.6 Å². The highest BCUT2D eigenvalue weighted by atomic mass is 19.3. The fourth-order valence-corrected chi connectivity index (χ4v) is 2.44. The van der Waals surface area contributed by atoms with Gasteiger partial charge in [0.05, 0.1) is 14.2 Å². The summed E-state index contributed by atoms with van der Waals surface area (Å²) < 4.78 is 39.1. The fraction of sp³-hybridized carbons (Fsp3) is 0.300. The quantitative estimate of drug-likeness (QED) is 0.546. The van der Waals surface area contributed by atoms with Crippen LogP contribution in [0.3, 0.4) is 0 Å². The molecule has 0 aliphatic carbocycles. The number of benzene rings is 2. The number of halogens is 2. The minimum absolute atomic E-state index is 0.0692. The second-order valence-corrected chi connectivity index (χ2v) is 6.00. The number of hydrogen-bond acceptors (Lipinski definition) is 5. The van der Waals surface area contributed by atoms with Crippen molar-refractivity contribution >= 4 is 17.6 Å². The molecular weight excluding hydrogens is 400 g/mol. The Hall–Kier alpha value is -3.56. The molecule has 2 aromatic carbocycles. The van der Waals surface area contributed by atoms with Gasteiger partial charge in [0.15, 0.2) is 11.5 Å². The summed E-state index contributed by atoms with van der Waals surface area (Å²) in [4.78, 5) is 23.8. The van der Waals surface area contributed by atoms with Crippen molar-refractivity contribution in [3.63, 3.8) is 0 Å². The molecule has 0 aliphatic heterocycles. The number of hydrogen-bond donors (Lipinski definition) is 3. The van der Waals surface area contributed by atoms with Crippen LogP contribution in [0.5, 0.6) is 17.2 Å². The second kappa shape index (κ2) is 11.4. The summed E-state index contributed by atoms with van der Waals surface area (Å²) in [5.74, 6) is 0.437. The van der Waals surface area contributed by atoms with Crippen LogP contribution < -0.4 is 30.2 Å². The maximum absolute atomic E-state index is 12.3. The molecule has 0 aliphatic rings. The molecule has 0 saturated heterocycles. The third-order valence-corrected chi connectivity index (χ3v) is 3.92. The van der Waals surface area contributed by atoms with E-state index in [2.05, 4.69) is 20.7 Å². The van der Waals surface area contributed by atoms with Gasteiger partial charge in [0.1, 0.15) is 5.75 Å². The molecule has 0 radical (unpaired) electrons. The van der Waals surface area contributed by atoms with Crippen LogP contribution in [0.1, 0.15) is 12.0 Å². The summed E-state index contributed by atoms with van der Waals surface area (Å²) in [5, 5.41) is 7.90. The molecule has 3 amide bonds. The van der Waals surface area contributed by atoms with Gasteiger partial charge in [0.25, 0.3) is 0 Å². The van der Waals surface area contributed by atoms with Crippen molar-refractivity contribution in [3.05, 3.63) is 48.0 Å². The van der Waals surface area contributed by atoms with Crippen LogP contribution in [-0.4, -0.2) is 39.3 Å². The second-order valence-electron chi connectivity index (χ2n) is 6.00. The average Bonchev–Trinajstić information content (AvgIpc) is 2.73. The first-order valence-electron chi connectivity index (χ1n) is 8.98. The number of methoxy groups -OCH3 is 2. The van der Waals surface area contributed by atoms with Gasteiger partial charge in [0, 0.05) is 25.2 Å². The number of ether oxygens (including phenoxy) is 3. The van der Waals surface area contributed by atoms with Gasteiger partial charge in [0.2, 0.25) is 5.91 Å². The van der Waals surface area contributed by atoms with Crippen molar-refractivity contribution in [2.75, 3.05) is 26.1 Å². The normalized spacial score (nSPS) is 10.3. The molecular formula is C20H23F2N3O5. The molecule has 3 N–H and O–H groups in total. The molecule has 162 valence electrons. The summed E-state index contributed by atoms with van der Waals surface area (Å²) in [5.41, 5.74) is 1.23.